The Balaban J connectivity index is 3.16. The summed E-state index contributed by atoms with van der Waals surface area (Å²) < 4.78 is 0. The highest BCUT2D eigenvalue weighted by Gasteiger charge is 2.09. The first kappa shape index (κ1) is 10.8. The number of hydrogen-bond acceptors (Lipinski definition) is 4. The predicted molar refractivity (Wildman–Crippen MR) is 52.8 cm³/mol. The molecule has 0 radical (unpaired) electrons. The number of nitrogens with zero attached hydrogens (tertiary/aromatic N) is 1. The van der Waals surface area contributed by atoms with Gasteiger partial charge in [0, 0.05) is 30.3 Å². The third-order valence-corrected chi connectivity index (χ3v) is 1.61. The molecule has 1 amide bonds. The Labute approximate surface area is 85.1 Å². The fourth-order valence-corrected chi connectivity index (χ4v) is 1.08. The molecule has 0 fully saturated rings. The van der Waals surface area contributed by atoms with E-state index in [9.17, 15) is 19.7 Å². The van der Waals surface area contributed by atoms with Gasteiger partial charge in [-0.1, -0.05) is 0 Å². The maximum absolute atomic E-state index is 10.7. The molecule has 15 heavy (non-hydrogen) atoms. The zero-order valence-electron chi connectivity index (χ0n) is 7.89. The summed E-state index contributed by atoms with van der Waals surface area (Å²) in [5, 5.41) is 12.9. The van der Waals surface area contributed by atoms with E-state index in [1.165, 1.54) is 19.1 Å². The number of nitrogens with one attached hydrogen (secondary N) is 1. The molecule has 0 aliphatic rings. The van der Waals surface area contributed by atoms with E-state index in [0.717, 1.165) is 6.07 Å². The number of aldehydes is 1. The van der Waals surface area contributed by atoms with Gasteiger partial charge in [-0.15, -0.1) is 0 Å². The van der Waals surface area contributed by atoms with E-state index < -0.39 is 4.92 Å². The van der Waals surface area contributed by atoms with Gasteiger partial charge in [0.15, 0.2) is 0 Å². The number of amides is 1. The highest BCUT2D eigenvalue weighted by Crippen LogP contribution is 2.19. The fourth-order valence-electron chi connectivity index (χ4n) is 1.08. The van der Waals surface area contributed by atoms with Crippen LogP contribution < -0.4 is 5.32 Å². The SMILES string of the molecule is CC(=O)Nc1cc(C=O)cc([N+](=O)[O-])c1. The van der Waals surface area contributed by atoms with Crippen LogP contribution in [0.5, 0.6) is 0 Å². The minimum Gasteiger partial charge on any atom is -0.326 e. The van der Waals surface area contributed by atoms with Gasteiger partial charge in [0.1, 0.15) is 6.29 Å². The molecule has 1 aromatic carbocycles. The first-order chi connectivity index (χ1) is 7.02. The summed E-state index contributed by atoms with van der Waals surface area (Å²) in [6.45, 7) is 1.28. The second-order valence-electron chi connectivity index (χ2n) is 2.87. The van der Waals surface area contributed by atoms with Crippen LogP contribution in [-0.4, -0.2) is 17.1 Å². The van der Waals surface area contributed by atoms with Gasteiger partial charge in [0.25, 0.3) is 5.69 Å². The van der Waals surface area contributed by atoms with E-state index in [2.05, 4.69) is 5.32 Å². The van der Waals surface area contributed by atoms with Gasteiger partial charge in [-0.3, -0.25) is 19.7 Å². The summed E-state index contributed by atoms with van der Waals surface area (Å²) in [5.41, 5.74) is 0.148. The summed E-state index contributed by atoms with van der Waals surface area (Å²) in [7, 11) is 0. The molecular weight excluding hydrogens is 200 g/mol. The lowest BCUT2D eigenvalue weighted by atomic mass is 10.2. The Morgan fingerprint density at radius 3 is 2.60 bits per heavy atom. The lowest BCUT2D eigenvalue weighted by molar-refractivity contribution is -0.384. The maximum atomic E-state index is 10.7. The Morgan fingerprint density at radius 1 is 1.47 bits per heavy atom. The van der Waals surface area contributed by atoms with Crippen LogP contribution in [0, 0.1) is 10.1 Å². The van der Waals surface area contributed by atoms with E-state index in [-0.39, 0.29) is 22.8 Å². The van der Waals surface area contributed by atoms with E-state index in [4.69, 9.17) is 0 Å². The number of carbonyl (C=O) groups is 2. The van der Waals surface area contributed by atoms with Gasteiger partial charge in [0.05, 0.1) is 4.92 Å². The third-order valence-electron chi connectivity index (χ3n) is 1.61. The van der Waals surface area contributed by atoms with Crippen molar-refractivity contribution in [2.75, 3.05) is 5.32 Å². The fraction of sp³-hybridized carbons (Fsp3) is 0.111. The van der Waals surface area contributed by atoms with Crippen LogP contribution in [-0.2, 0) is 4.79 Å². The van der Waals surface area contributed by atoms with Crippen molar-refractivity contribution < 1.29 is 14.5 Å². The van der Waals surface area contributed by atoms with Crippen molar-refractivity contribution in [1.82, 2.24) is 0 Å². The number of rotatable bonds is 3. The summed E-state index contributed by atoms with van der Waals surface area (Å²) in [6, 6.07) is 3.69. The number of anilines is 1. The average molecular weight is 208 g/mol. The monoisotopic (exact) mass is 208 g/mol. The van der Waals surface area contributed by atoms with Crippen molar-refractivity contribution in [2.45, 2.75) is 6.92 Å². The average Bonchev–Trinajstić information content (AvgIpc) is 2.16. The zero-order valence-corrected chi connectivity index (χ0v) is 7.89. The van der Waals surface area contributed by atoms with Gasteiger partial charge in [-0.05, 0) is 6.07 Å². The minimum atomic E-state index is -0.627. The second kappa shape index (κ2) is 4.32. The molecule has 0 saturated heterocycles. The summed E-state index contributed by atoms with van der Waals surface area (Å²) in [6.07, 6.45) is 0.484. The van der Waals surface area contributed by atoms with Crippen LogP contribution in [0.3, 0.4) is 0 Å². The molecule has 0 saturated carbocycles. The zero-order chi connectivity index (χ0) is 11.4. The molecule has 1 rings (SSSR count). The molecule has 0 aromatic heterocycles. The third kappa shape index (κ3) is 2.87. The standard InChI is InChI=1S/C9H8N2O4/c1-6(13)10-8-2-7(5-12)3-9(4-8)11(14)15/h2-5H,1H3,(H,10,13). The number of benzene rings is 1. The van der Waals surface area contributed by atoms with E-state index in [1.807, 2.05) is 0 Å². The topological polar surface area (TPSA) is 89.3 Å². The predicted octanol–water partition coefficient (Wildman–Crippen LogP) is 1.37. The van der Waals surface area contributed by atoms with Crippen LogP contribution in [0.1, 0.15) is 17.3 Å². The van der Waals surface area contributed by atoms with Crippen molar-refractivity contribution in [2.24, 2.45) is 0 Å². The number of hydrogen-bond donors (Lipinski definition) is 1. The number of nitro benzene ring substituents is 1. The molecule has 0 bridgehead atoms. The van der Waals surface area contributed by atoms with Crippen LogP contribution in [0.2, 0.25) is 0 Å². The van der Waals surface area contributed by atoms with Crippen LogP contribution >= 0.6 is 0 Å². The Kier molecular flexibility index (Phi) is 3.12. The molecule has 0 aliphatic carbocycles. The smallest absolute Gasteiger partial charge is 0.272 e. The van der Waals surface area contributed by atoms with Gasteiger partial charge in [-0.25, -0.2) is 0 Å². The maximum Gasteiger partial charge on any atom is 0.272 e. The number of carbonyl (C=O) groups excluding carboxylic acids is 2. The molecule has 6 heteroatoms. The van der Waals surface area contributed by atoms with Crippen molar-refractivity contribution in [3.05, 3.63) is 33.9 Å². The quantitative estimate of drug-likeness (QED) is 0.461. The minimum absolute atomic E-state index is 0.146. The van der Waals surface area contributed by atoms with Crippen molar-refractivity contribution in [3.63, 3.8) is 0 Å². The Morgan fingerprint density at radius 2 is 2.13 bits per heavy atom. The number of nitro groups is 1. The lowest BCUT2D eigenvalue weighted by Gasteiger charge is -2.02. The van der Waals surface area contributed by atoms with Crippen LogP contribution in [0.25, 0.3) is 0 Å². The Hall–Kier alpha value is -2.24. The lowest BCUT2D eigenvalue weighted by Crippen LogP contribution is -2.06. The highest BCUT2D eigenvalue weighted by atomic mass is 16.6. The molecule has 6 nitrogen and oxygen atoms in total. The van der Waals surface area contributed by atoms with Crippen LogP contribution in [0.4, 0.5) is 11.4 Å². The molecule has 0 heterocycles. The molecule has 0 spiro atoms. The van der Waals surface area contributed by atoms with Crippen molar-refractivity contribution in [1.29, 1.82) is 0 Å². The largest absolute Gasteiger partial charge is 0.326 e. The van der Waals surface area contributed by atoms with Crippen molar-refractivity contribution in [3.8, 4) is 0 Å². The molecule has 78 valence electrons. The van der Waals surface area contributed by atoms with Gasteiger partial charge >= 0.3 is 0 Å². The van der Waals surface area contributed by atoms with Crippen molar-refractivity contribution >= 4 is 23.6 Å². The summed E-state index contributed by atoms with van der Waals surface area (Å²) in [5.74, 6) is -0.354. The first-order valence-corrected chi connectivity index (χ1v) is 4.05. The normalized spacial score (nSPS) is 9.40. The molecule has 0 aliphatic heterocycles. The summed E-state index contributed by atoms with van der Waals surface area (Å²) in [4.78, 5) is 31.1. The molecule has 1 N–H and O–H groups in total. The van der Waals surface area contributed by atoms with Gasteiger partial charge in [0.2, 0.25) is 5.91 Å². The van der Waals surface area contributed by atoms with E-state index >= 15 is 0 Å². The second-order valence-corrected chi connectivity index (χ2v) is 2.87. The molecule has 0 atom stereocenters. The highest BCUT2D eigenvalue weighted by molar-refractivity contribution is 5.90. The van der Waals surface area contributed by atoms with Gasteiger partial charge < -0.3 is 5.32 Å². The first-order valence-electron chi connectivity index (χ1n) is 4.05. The van der Waals surface area contributed by atoms with E-state index in [1.54, 1.807) is 0 Å². The van der Waals surface area contributed by atoms with Crippen LogP contribution in [0.15, 0.2) is 18.2 Å². The molecule has 0 unspecified atom stereocenters. The molecular formula is C9H8N2O4. The summed E-state index contributed by atoms with van der Waals surface area (Å²) >= 11 is 0. The molecule has 1 aromatic rings. The Bertz CT molecular complexity index is 428. The van der Waals surface area contributed by atoms with Gasteiger partial charge in [-0.2, -0.15) is 0 Å². The number of non-ortho nitro benzene ring substituents is 1. The van der Waals surface area contributed by atoms with E-state index in [0.29, 0.717) is 6.29 Å².